The summed E-state index contributed by atoms with van der Waals surface area (Å²) in [5.74, 6) is 1.64. The standard InChI is InChI=1S/C14H27N3O.HI/c1-14(2,3)12-11(6-5-9-18-12)10-16-13-15-7-8-17(13)4;/h11-12H,5-10H2,1-4H3,(H,15,16);1H. The summed E-state index contributed by atoms with van der Waals surface area (Å²) in [4.78, 5) is 6.67. The Balaban J connectivity index is 0.00000180. The smallest absolute Gasteiger partial charge is 0.193 e. The zero-order valence-corrected chi connectivity index (χ0v) is 14.9. The molecular formula is C14H28IN3O. The molecule has 19 heavy (non-hydrogen) atoms. The van der Waals surface area contributed by atoms with Crippen molar-refractivity contribution in [3.8, 4) is 0 Å². The SMILES string of the molecule is CN1CCN=C1NCC1CCCOC1C(C)(C)C.I. The van der Waals surface area contributed by atoms with E-state index in [0.29, 0.717) is 12.0 Å². The molecule has 2 aliphatic heterocycles. The second-order valence-electron chi connectivity index (χ2n) is 6.57. The van der Waals surface area contributed by atoms with Crippen molar-refractivity contribution in [3.63, 3.8) is 0 Å². The topological polar surface area (TPSA) is 36.9 Å². The third-order valence-electron chi connectivity index (χ3n) is 3.88. The first-order valence-electron chi connectivity index (χ1n) is 7.09. The minimum atomic E-state index is 0. The Morgan fingerprint density at radius 1 is 1.42 bits per heavy atom. The molecule has 4 nitrogen and oxygen atoms in total. The quantitative estimate of drug-likeness (QED) is 0.747. The molecule has 0 aromatic carbocycles. The summed E-state index contributed by atoms with van der Waals surface area (Å²) in [5, 5.41) is 3.50. The van der Waals surface area contributed by atoms with Crippen LogP contribution in [0, 0.1) is 11.3 Å². The van der Waals surface area contributed by atoms with Crippen molar-refractivity contribution in [3.05, 3.63) is 0 Å². The predicted molar refractivity (Wildman–Crippen MR) is 90.3 cm³/mol. The van der Waals surface area contributed by atoms with Crippen molar-refractivity contribution in [1.29, 1.82) is 0 Å². The van der Waals surface area contributed by atoms with Gasteiger partial charge in [0.05, 0.1) is 12.6 Å². The molecule has 2 atom stereocenters. The van der Waals surface area contributed by atoms with Gasteiger partial charge in [-0.1, -0.05) is 20.8 Å². The molecule has 0 saturated carbocycles. The number of nitrogens with zero attached hydrogens (tertiary/aromatic N) is 2. The summed E-state index contributed by atoms with van der Waals surface area (Å²) in [6.07, 6.45) is 2.79. The average molecular weight is 381 g/mol. The summed E-state index contributed by atoms with van der Waals surface area (Å²) in [6, 6.07) is 0. The van der Waals surface area contributed by atoms with Crippen LogP contribution in [-0.4, -0.2) is 50.3 Å². The van der Waals surface area contributed by atoms with Crippen LogP contribution < -0.4 is 5.32 Å². The van der Waals surface area contributed by atoms with E-state index in [1.807, 2.05) is 0 Å². The van der Waals surface area contributed by atoms with E-state index in [9.17, 15) is 0 Å². The highest BCUT2D eigenvalue weighted by Gasteiger charge is 2.35. The van der Waals surface area contributed by atoms with Crippen molar-refractivity contribution < 1.29 is 4.74 Å². The summed E-state index contributed by atoms with van der Waals surface area (Å²) < 4.78 is 6.00. The lowest BCUT2D eigenvalue weighted by atomic mass is 9.78. The number of likely N-dealkylation sites (N-methyl/N-ethyl adjacent to an activating group) is 1. The van der Waals surface area contributed by atoms with Gasteiger partial charge in [0.25, 0.3) is 0 Å². The molecule has 0 spiro atoms. The molecule has 0 bridgehead atoms. The van der Waals surface area contributed by atoms with Gasteiger partial charge < -0.3 is 15.0 Å². The second-order valence-corrected chi connectivity index (χ2v) is 6.57. The van der Waals surface area contributed by atoms with E-state index >= 15 is 0 Å². The van der Waals surface area contributed by atoms with Crippen molar-refractivity contribution in [2.75, 3.05) is 33.3 Å². The molecule has 0 aromatic heterocycles. The lowest BCUT2D eigenvalue weighted by Crippen LogP contribution is -2.47. The van der Waals surface area contributed by atoms with Crippen molar-refractivity contribution >= 4 is 29.9 Å². The fourth-order valence-corrected chi connectivity index (χ4v) is 2.96. The Bertz CT molecular complexity index is 314. The van der Waals surface area contributed by atoms with Gasteiger partial charge in [-0.05, 0) is 18.3 Å². The molecule has 1 fully saturated rings. The highest BCUT2D eigenvalue weighted by atomic mass is 127. The third kappa shape index (κ3) is 4.48. The molecule has 0 aliphatic carbocycles. The van der Waals surface area contributed by atoms with Crippen LogP contribution in [0.5, 0.6) is 0 Å². The van der Waals surface area contributed by atoms with E-state index in [1.165, 1.54) is 12.8 Å². The van der Waals surface area contributed by atoms with Crippen LogP contribution in [-0.2, 0) is 4.74 Å². The molecule has 2 heterocycles. The Morgan fingerprint density at radius 3 is 2.74 bits per heavy atom. The van der Waals surface area contributed by atoms with Crippen LogP contribution >= 0.6 is 24.0 Å². The zero-order valence-electron chi connectivity index (χ0n) is 12.6. The van der Waals surface area contributed by atoms with E-state index < -0.39 is 0 Å². The van der Waals surface area contributed by atoms with E-state index in [2.05, 4.69) is 43.0 Å². The first kappa shape index (κ1) is 17.0. The van der Waals surface area contributed by atoms with Crippen molar-refractivity contribution in [2.24, 2.45) is 16.3 Å². The van der Waals surface area contributed by atoms with Gasteiger partial charge in [-0.25, -0.2) is 0 Å². The summed E-state index contributed by atoms with van der Waals surface area (Å²) in [7, 11) is 2.09. The fraction of sp³-hybridized carbons (Fsp3) is 0.929. The van der Waals surface area contributed by atoms with Crippen molar-refractivity contribution in [1.82, 2.24) is 10.2 Å². The Kier molecular flexibility index (Phi) is 6.36. The molecule has 2 unspecified atom stereocenters. The molecule has 2 rings (SSSR count). The van der Waals surface area contributed by atoms with Crippen LogP contribution in [0.2, 0.25) is 0 Å². The van der Waals surface area contributed by atoms with Gasteiger partial charge in [0.1, 0.15) is 0 Å². The molecule has 0 radical (unpaired) electrons. The van der Waals surface area contributed by atoms with Crippen LogP contribution in [0.25, 0.3) is 0 Å². The molecule has 0 aromatic rings. The zero-order chi connectivity index (χ0) is 13.2. The molecule has 1 N–H and O–H groups in total. The summed E-state index contributed by atoms with van der Waals surface area (Å²) in [6.45, 7) is 10.7. The normalized spacial score (nSPS) is 27.8. The number of halogens is 1. The van der Waals surface area contributed by atoms with Crippen LogP contribution in [0.1, 0.15) is 33.6 Å². The molecule has 0 amide bonds. The van der Waals surface area contributed by atoms with Gasteiger partial charge in [-0.3, -0.25) is 4.99 Å². The van der Waals surface area contributed by atoms with E-state index in [-0.39, 0.29) is 29.4 Å². The predicted octanol–water partition coefficient (Wildman–Crippen LogP) is 2.34. The first-order chi connectivity index (χ1) is 8.48. The average Bonchev–Trinajstić information content (AvgIpc) is 2.71. The number of guanidine groups is 1. The Hall–Kier alpha value is -0.0400. The maximum absolute atomic E-state index is 6.00. The first-order valence-corrected chi connectivity index (χ1v) is 7.09. The fourth-order valence-electron chi connectivity index (χ4n) is 2.96. The number of ether oxygens (including phenoxy) is 1. The Morgan fingerprint density at radius 2 is 2.16 bits per heavy atom. The van der Waals surface area contributed by atoms with Crippen molar-refractivity contribution in [2.45, 2.75) is 39.7 Å². The number of aliphatic imine (C=N–C) groups is 1. The third-order valence-corrected chi connectivity index (χ3v) is 3.88. The largest absolute Gasteiger partial charge is 0.377 e. The van der Waals surface area contributed by atoms with Crippen LogP contribution in [0.3, 0.4) is 0 Å². The molecule has 5 heteroatoms. The number of hydrogen-bond donors (Lipinski definition) is 1. The van der Waals surface area contributed by atoms with Gasteiger partial charge in [-0.15, -0.1) is 24.0 Å². The highest BCUT2D eigenvalue weighted by molar-refractivity contribution is 14.0. The lowest BCUT2D eigenvalue weighted by Gasteiger charge is -2.40. The molecule has 1 saturated heterocycles. The number of rotatable bonds is 2. The summed E-state index contributed by atoms with van der Waals surface area (Å²) >= 11 is 0. The maximum Gasteiger partial charge on any atom is 0.193 e. The van der Waals surface area contributed by atoms with Gasteiger partial charge in [0.15, 0.2) is 5.96 Å². The minimum Gasteiger partial charge on any atom is -0.377 e. The van der Waals surface area contributed by atoms with E-state index in [0.717, 1.165) is 32.2 Å². The van der Waals surface area contributed by atoms with E-state index in [4.69, 9.17) is 4.74 Å². The number of hydrogen-bond acceptors (Lipinski definition) is 4. The molecular weight excluding hydrogens is 353 g/mol. The second kappa shape index (κ2) is 7.11. The van der Waals surface area contributed by atoms with Gasteiger partial charge >= 0.3 is 0 Å². The van der Waals surface area contributed by atoms with Crippen LogP contribution in [0.4, 0.5) is 0 Å². The van der Waals surface area contributed by atoms with E-state index in [1.54, 1.807) is 0 Å². The van der Waals surface area contributed by atoms with Gasteiger partial charge in [0.2, 0.25) is 0 Å². The number of nitrogens with one attached hydrogen (secondary N) is 1. The minimum absolute atomic E-state index is 0. The highest BCUT2D eigenvalue weighted by Crippen LogP contribution is 2.33. The Labute approximate surface area is 134 Å². The van der Waals surface area contributed by atoms with Crippen LogP contribution in [0.15, 0.2) is 4.99 Å². The lowest BCUT2D eigenvalue weighted by molar-refractivity contribution is -0.0836. The summed E-state index contributed by atoms with van der Waals surface area (Å²) in [5.41, 5.74) is 0.218. The van der Waals surface area contributed by atoms with Gasteiger partial charge in [0, 0.05) is 32.7 Å². The molecule has 2 aliphatic rings. The molecule has 112 valence electrons. The van der Waals surface area contributed by atoms with Gasteiger partial charge in [-0.2, -0.15) is 0 Å². The monoisotopic (exact) mass is 381 g/mol. The maximum atomic E-state index is 6.00.